The van der Waals surface area contributed by atoms with E-state index in [1.54, 1.807) is 20.3 Å². The highest BCUT2D eigenvalue weighted by atomic mass is 16.6. The number of non-ortho nitro benzene ring substituents is 1. The third-order valence-corrected chi connectivity index (χ3v) is 6.03. The third kappa shape index (κ3) is 6.43. The van der Waals surface area contributed by atoms with E-state index in [9.17, 15) is 14.9 Å². The Bertz CT molecular complexity index is 932. The predicted octanol–water partition coefficient (Wildman–Crippen LogP) is 4.20. The number of piperidine rings is 1. The molecule has 0 aliphatic carbocycles. The Kier molecular flexibility index (Phi) is 8.05. The lowest BCUT2D eigenvalue weighted by Crippen LogP contribution is -2.39. The number of hydrogen-bond acceptors (Lipinski definition) is 6. The molecule has 32 heavy (non-hydrogen) atoms. The number of ether oxygens (including phenoxy) is 2. The Hall–Kier alpha value is -3.13. The second-order valence-corrected chi connectivity index (χ2v) is 8.28. The molecule has 2 aromatic carbocycles. The molecule has 8 heteroatoms. The van der Waals surface area contributed by atoms with Gasteiger partial charge in [-0.25, -0.2) is 0 Å². The molecule has 1 N–H and O–H groups in total. The second-order valence-electron chi connectivity index (χ2n) is 8.28. The fourth-order valence-electron chi connectivity index (χ4n) is 4.07. The molecule has 172 valence electrons. The molecule has 1 heterocycles. The number of amides is 1. The summed E-state index contributed by atoms with van der Waals surface area (Å²) in [5, 5.41) is 13.8. The minimum atomic E-state index is -0.457. The lowest BCUT2D eigenvalue weighted by molar-refractivity contribution is -0.384. The average molecular weight is 442 g/mol. The number of nitrogens with zero attached hydrogens (tertiary/aromatic N) is 2. The first-order valence-corrected chi connectivity index (χ1v) is 10.9. The zero-order chi connectivity index (χ0) is 23.1. The number of aryl methyl sites for hydroxylation is 2. The number of nitrogens with one attached hydrogen (secondary N) is 1. The molecule has 1 fully saturated rings. The van der Waals surface area contributed by atoms with Crippen LogP contribution < -0.4 is 14.8 Å². The fraction of sp³-hybridized carbons (Fsp3) is 0.458. The number of rotatable bonds is 9. The van der Waals surface area contributed by atoms with Gasteiger partial charge in [-0.2, -0.15) is 0 Å². The van der Waals surface area contributed by atoms with Crippen LogP contribution in [0.25, 0.3) is 0 Å². The van der Waals surface area contributed by atoms with Crippen molar-refractivity contribution in [2.45, 2.75) is 32.6 Å². The average Bonchev–Trinajstić information content (AvgIpc) is 2.79. The van der Waals surface area contributed by atoms with E-state index in [1.807, 2.05) is 13.0 Å². The van der Waals surface area contributed by atoms with Gasteiger partial charge >= 0.3 is 0 Å². The largest absolute Gasteiger partial charge is 0.497 e. The van der Waals surface area contributed by atoms with Gasteiger partial charge in [0.15, 0.2) is 0 Å². The zero-order valence-corrected chi connectivity index (χ0v) is 18.9. The van der Waals surface area contributed by atoms with Gasteiger partial charge in [0.25, 0.3) is 5.69 Å². The maximum atomic E-state index is 12.5. The molecule has 0 saturated carbocycles. The normalized spacial score (nSPS) is 14.7. The number of nitro groups is 1. The van der Waals surface area contributed by atoms with Crippen LogP contribution in [0.5, 0.6) is 11.5 Å². The molecule has 1 aliphatic rings. The van der Waals surface area contributed by atoms with Gasteiger partial charge in [0.05, 0.1) is 31.4 Å². The van der Waals surface area contributed by atoms with Crippen LogP contribution in [0, 0.1) is 23.0 Å². The summed E-state index contributed by atoms with van der Waals surface area (Å²) in [7, 11) is 3.32. The Labute approximate surface area is 188 Å². The summed E-state index contributed by atoms with van der Waals surface area (Å²) < 4.78 is 10.7. The van der Waals surface area contributed by atoms with Gasteiger partial charge < -0.3 is 14.8 Å². The Morgan fingerprint density at radius 1 is 1.12 bits per heavy atom. The van der Waals surface area contributed by atoms with Crippen LogP contribution in [0.2, 0.25) is 0 Å². The van der Waals surface area contributed by atoms with E-state index in [4.69, 9.17) is 9.47 Å². The zero-order valence-electron chi connectivity index (χ0n) is 18.9. The van der Waals surface area contributed by atoms with Crippen molar-refractivity contribution >= 4 is 17.3 Å². The monoisotopic (exact) mass is 441 g/mol. The van der Waals surface area contributed by atoms with Crippen LogP contribution in [0.1, 0.15) is 30.4 Å². The summed E-state index contributed by atoms with van der Waals surface area (Å²) in [4.78, 5) is 25.1. The van der Waals surface area contributed by atoms with Gasteiger partial charge in [-0.15, -0.1) is 0 Å². The van der Waals surface area contributed by atoms with Gasteiger partial charge in [0.2, 0.25) is 5.91 Å². The molecule has 8 nitrogen and oxygen atoms in total. The minimum absolute atomic E-state index is 0.0274. The lowest BCUT2D eigenvalue weighted by Gasteiger charge is -2.31. The Morgan fingerprint density at radius 3 is 2.38 bits per heavy atom. The number of anilines is 1. The molecule has 1 amide bonds. The summed E-state index contributed by atoms with van der Waals surface area (Å²) in [5.74, 6) is 2.08. The number of benzene rings is 2. The standard InChI is InChI=1S/C24H31N3O5/c1-17-4-7-20(27(29)30)14-23(17)25-24(28)16-26-10-8-18(9-11-26)5-6-19-12-21(31-2)15-22(13-19)32-3/h4,7,12-15,18H,5-6,8-11,16H2,1-3H3,(H,25,28). The number of carbonyl (C=O) groups excluding carboxylic acids is 1. The van der Waals surface area contributed by atoms with Gasteiger partial charge in [-0.05, 0) is 74.9 Å². The van der Waals surface area contributed by atoms with Crippen molar-refractivity contribution < 1.29 is 19.2 Å². The molecule has 0 unspecified atom stereocenters. The molecule has 0 atom stereocenters. The fourth-order valence-corrected chi connectivity index (χ4v) is 4.07. The highest BCUT2D eigenvalue weighted by Crippen LogP contribution is 2.27. The molecular weight excluding hydrogens is 410 g/mol. The number of hydrogen-bond donors (Lipinski definition) is 1. The van der Waals surface area contributed by atoms with Crippen molar-refractivity contribution in [3.63, 3.8) is 0 Å². The van der Waals surface area contributed by atoms with E-state index in [2.05, 4.69) is 22.3 Å². The summed E-state index contributed by atoms with van der Waals surface area (Å²) in [6.45, 7) is 3.85. The number of methoxy groups -OCH3 is 2. The molecule has 1 aliphatic heterocycles. The summed E-state index contributed by atoms with van der Waals surface area (Å²) in [5.41, 5.74) is 2.47. The maximum Gasteiger partial charge on any atom is 0.271 e. The van der Waals surface area contributed by atoms with Crippen LogP contribution >= 0.6 is 0 Å². The predicted molar refractivity (Wildman–Crippen MR) is 123 cm³/mol. The van der Waals surface area contributed by atoms with Crippen LogP contribution in [0.4, 0.5) is 11.4 Å². The van der Waals surface area contributed by atoms with Crippen molar-refractivity contribution in [1.82, 2.24) is 4.90 Å². The molecule has 1 saturated heterocycles. The van der Waals surface area contributed by atoms with Crippen molar-refractivity contribution in [1.29, 1.82) is 0 Å². The van der Waals surface area contributed by atoms with Gasteiger partial charge in [-0.1, -0.05) is 6.07 Å². The highest BCUT2D eigenvalue weighted by Gasteiger charge is 2.21. The molecule has 0 radical (unpaired) electrons. The SMILES string of the molecule is COc1cc(CCC2CCN(CC(=O)Nc3cc([N+](=O)[O-])ccc3C)CC2)cc(OC)c1. The summed E-state index contributed by atoms with van der Waals surface area (Å²) >= 11 is 0. The second kappa shape index (κ2) is 10.9. The number of likely N-dealkylation sites (tertiary alicyclic amines) is 1. The van der Waals surface area contributed by atoms with Crippen molar-refractivity contribution in [2.75, 3.05) is 39.2 Å². The van der Waals surface area contributed by atoms with Crippen LogP contribution in [0.15, 0.2) is 36.4 Å². The van der Waals surface area contributed by atoms with E-state index < -0.39 is 4.92 Å². The van der Waals surface area contributed by atoms with Crippen LogP contribution in [-0.4, -0.2) is 49.6 Å². The van der Waals surface area contributed by atoms with E-state index in [-0.39, 0.29) is 11.6 Å². The lowest BCUT2D eigenvalue weighted by atomic mass is 9.90. The first-order chi connectivity index (χ1) is 15.4. The summed E-state index contributed by atoms with van der Waals surface area (Å²) in [6, 6.07) is 10.5. The smallest absolute Gasteiger partial charge is 0.271 e. The molecule has 3 rings (SSSR count). The molecule has 0 bridgehead atoms. The van der Waals surface area contributed by atoms with E-state index >= 15 is 0 Å². The molecule has 0 spiro atoms. The number of nitro benzene ring substituents is 1. The first kappa shape index (κ1) is 23.5. The topological polar surface area (TPSA) is 93.9 Å². The van der Waals surface area contributed by atoms with Crippen molar-refractivity contribution in [3.05, 3.63) is 57.6 Å². The van der Waals surface area contributed by atoms with Crippen LogP contribution in [-0.2, 0) is 11.2 Å². The van der Waals surface area contributed by atoms with Crippen molar-refractivity contribution in [3.8, 4) is 11.5 Å². The molecular formula is C24H31N3O5. The van der Waals surface area contributed by atoms with Gasteiger partial charge in [0, 0.05) is 18.2 Å². The van der Waals surface area contributed by atoms with Gasteiger partial charge in [0.1, 0.15) is 11.5 Å². The van der Waals surface area contributed by atoms with E-state index in [0.29, 0.717) is 18.2 Å². The maximum absolute atomic E-state index is 12.5. The van der Waals surface area contributed by atoms with Crippen LogP contribution in [0.3, 0.4) is 0 Å². The third-order valence-electron chi connectivity index (χ3n) is 6.03. The quantitative estimate of drug-likeness (QED) is 0.463. The van der Waals surface area contributed by atoms with Crippen molar-refractivity contribution in [2.24, 2.45) is 5.92 Å². The number of carbonyl (C=O) groups is 1. The van der Waals surface area contributed by atoms with E-state index in [1.165, 1.54) is 17.7 Å². The molecule has 2 aromatic rings. The minimum Gasteiger partial charge on any atom is -0.497 e. The first-order valence-electron chi connectivity index (χ1n) is 10.9. The Morgan fingerprint density at radius 2 is 1.78 bits per heavy atom. The summed E-state index contributed by atoms with van der Waals surface area (Å²) in [6.07, 6.45) is 4.14. The molecule has 0 aromatic heterocycles. The van der Waals surface area contributed by atoms with E-state index in [0.717, 1.165) is 55.8 Å². The Balaban J connectivity index is 1.45. The van der Waals surface area contributed by atoms with Gasteiger partial charge in [-0.3, -0.25) is 19.8 Å². The highest BCUT2D eigenvalue weighted by molar-refractivity contribution is 5.93.